The smallest absolute Gasteiger partial charge is 0.306 e. The molecule has 0 radical (unpaired) electrons. The summed E-state index contributed by atoms with van der Waals surface area (Å²) in [4.78, 5) is 37.7. The van der Waals surface area contributed by atoms with E-state index in [-0.39, 0.29) is 29.8 Å². The molecule has 0 aliphatic heterocycles. The van der Waals surface area contributed by atoms with Gasteiger partial charge in [0.15, 0.2) is 5.11 Å². The first-order chi connectivity index (χ1) is 14.4. The number of benzene rings is 1. The number of nitrogens with zero attached hydrogens (tertiary/aromatic N) is 1. The number of thiocarbonyl (C=S) groups is 1. The van der Waals surface area contributed by atoms with Crippen LogP contribution in [0.4, 0.5) is 5.69 Å². The molecule has 1 aromatic carbocycles. The molecule has 3 N–H and O–H groups in total. The summed E-state index contributed by atoms with van der Waals surface area (Å²) in [6.45, 7) is 9.72. The first-order valence-electron chi connectivity index (χ1n) is 10.3. The van der Waals surface area contributed by atoms with Crippen molar-refractivity contribution in [2.75, 3.05) is 38.1 Å². The van der Waals surface area contributed by atoms with Crippen molar-refractivity contribution in [3.05, 3.63) is 29.8 Å². The van der Waals surface area contributed by atoms with E-state index in [0.29, 0.717) is 24.4 Å². The third-order valence-electron chi connectivity index (χ3n) is 4.29. The maximum absolute atomic E-state index is 12.2. The number of hydrogen-bond donors (Lipinski definition) is 3. The molecular weight excluding hydrogens is 404 g/mol. The summed E-state index contributed by atoms with van der Waals surface area (Å²) in [5.74, 6) is -0.915. The van der Waals surface area contributed by atoms with Crippen molar-refractivity contribution in [2.45, 2.75) is 40.0 Å². The second-order valence-electron chi connectivity index (χ2n) is 6.58. The first-order valence-corrected chi connectivity index (χ1v) is 10.7. The number of esters is 1. The van der Waals surface area contributed by atoms with Crippen LogP contribution < -0.4 is 16.0 Å². The molecular formula is C21H32N4O4S. The summed E-state index contributed by atoms with van der Waals surface area (Å²) in [5.41, 5.74) is 1.18. The Kier molecular flexibility index (Phi) is 12.3. The molecule has 0 spiro atoms. The van der Waals surface area contributed by atoms with Crippen LogP contribution in [0.25, 0.3) is 0 Å². The fourth-order valence-electron chi connectivity index (χ4n) is 2.53. The Morgan fingerprint density at radius 1 is 1.03 bits per heavy atom. The van der Waals surface area contributed by atoms with Gasteiger partial charge < -0.3 is 25.6 Å². The summed E-state index contributed by atoms with van der Waals surface area (Å²) in [5, 5.41) is 8.42. The molecule has 1 rings (SSSR count). The Morgan fingerprint density at radius 2 is 1.70 bits per heavy atom. The number of amides is 2. The van der Waals surface area contributed by atoms with Gasteiger partial charge in [-0.05, 0) is 56.0 Å². The number of carbonyl (C=O) groups is 3. The highest BCUT2D eigenvalue weighted by atomic mass is 32.1. The summed E-state index contributed by atoms with van der Waals surface area (Å²) in [6, 6.07) is 6.78. The average molecular weight is 437 g/mol. The van der Waals surface area contributed by atoms with Crippen LogP contribution in [0.5, 0.6) is 0 Å². The van der Waals surface area contributed by atoms with Crippen molar-refractivity contribution in [3.63, 3.8) is 0 Å². The van der Waals surface area contributed by atoms with Gasteiger partial charge in [0.25, 0.3) is 5.91 Å². The fraction of sp³-hybridized carbons (Fsp3) is 0.524. The second-order valence-corrected chi connectivity index (χ2v) is 6.99. The van der Waals surface area contributed by atoms with Gasteiger partial charge in [-0.15, -0.1) is 0 Å². The number of likely N-dealkylation sites (N-methyl/N-ethyl adjacent to an activating group) is 1. The quantitative estimate of drug-likeness (QED) is 0.341. The van der Waals surface area contributed by atoms with E-state index in [1.807, 2.05) is 6.92 Å². The first kappa shape index (κ1) is 25.5. The number of hydrogen-bond acceptors (Lipinski definition) is 6. The number of anilines is 1. The standard InChI is InChI=1S/C21H32N4O4S/c1-4-15-29-19(27)12-11-18(26)24-21(30)23-17-9-7-16(8-10-17)20(28)22-13-14-25(5-2)6-3/h7-10H,4-6,11-15H2,1-3H3,(H,22,28)(H2,23,24,26,30). The zero-order valence-electron chi connectivity index (χ0n) is 18.0. The molecule has 0 unspecified atom stereocenters. The molecule has 2 amide bonds. The van der Waals surface area contributed by atoms with E-state index in [2.05, 4.69) is 34.7 Å². The molecule has 166 valence electrons. The Hall–Kier alpha value is -2.52. The van der Waals surface area contributed by atoms with Crippen molar-refractivity contribution in [2.24, 2.45) is 0 Å². The number of nitrogens with one attached hydrogen (secondary N) is 3. The van der Waals surface area contributed by atoms with Gasteiger partial charge in [0.1, 0.15) is 0 Å². The zero-order valence-corrected chi connectivity index (χ0v) is 18.8. The predicted molar refractivity (Wildman–Crippen MR) is 121 cm³/mol. The van der Waals surface area contributed by atoms with E-state index in [1.54, 1.807) is 24.3 Å². The summed E-state index contributed by atoms with van der Waals surface area (Å²) < 4.78 is 4.92. The molecule has 8 nitrogen and oxygen atoms in total. The van der Waals surface area contributed by atoms with Crippen LogP contribution in [0.2, 0.25) is 0 Å². The van der Waals surface area contributed by atoms with Crippen LogP contribution >= 0.6 is 12.2 Å². The van der Waals surface area contributed by atoms with Crippen LogP contribution in [-0.4, -0.2) is 60.6 Å². The number of ether oxygens (including phenoxy) is 1. The molecule has 0 fully saturated rings. The average Bonchev–Trinajstić information content (AvgIpc) is 2.74. The Balaban J connectivity index is 2.38. The third kappa shape index (κ3) is 10.3. The van der Waals surface area contributed by atoms with E-state index in [1.165, 1.54) is 0 Å². The lowest BCUT2D eigenvalue weighted by Crippen LogP contribution is -2.35. The Bertz CT molecular complexity index is 705. The van der Waals surface area contributed by atoms with Crippen LogP contribution in [0.1, 0.15) is 50.4 Å². The summed E-state index contributed by atoms with van der Waals surface area (Å²) in [6.07, 6.45) is 0.742. The van der Waals surface area contributed by atoms with Crippen LogP contribution in [0.3, 0.4) is 0 Å². The Morgan fingerprint density at radius 3 is 2.30 bits per heavy atom. The minimum Gasteiger partial charge on any atom is -0.466 e. The molecule has 9 heteroatoms. The normalized spacial score (nSPS) is 10.4. The number of carbonyl (C=O) groups excluding carboxylic acids is 3. The van der Waals surface area contributed by atoms with E-state index in [4.69, 9.17) is 17.0 Å². The molecule has 0 heterocycles. The molecule has 0 saturated heterocycles. The summed E-state index contributed by atoms with van der Waals surface area (Å²) in [7, 11) is 0. The molecule has 30 heavy (non-hydrogen) atoms. The maximum atomic E-state index is 12.2. The monoisotopic (exact) mass is 436 g/mol. The van der Waals surface area contributed by atoms with Gasteiger partial charge in [0.05, 0.1) is 13.0 Å². The van der Waals surface area contributed by atoms with Crippen molar-refractivity contribution in [1.29, 1.82) is 0 Å². The van der Waals surface area contributed by atoms with Gasteiger partial charge >= 0.3 is 5.97 Å². The van der Waals surface area contributed by atoms with E-state index < -0.39 is 5.97 Å². The maximum Gasteiger partial charge on any atom is 0.306 e. The second kappa shape index (κ2) is 14.5. The molecule has 0 saturated carbocycles. The highest BCUT2D eigenvalue weighted by Gasteiger charge is 2.10. The number of rotatable bonds is 12. The molecule has 1 aromatic rings. The van der Waals surface area contributed by atoms with Crippen molar-refractivity contribution < 1.29 is 19.1 Å². The molecule has 0 aliphatic rings. The lowest BCUT2D eigenvalue weighted by Gasteiger charge is -2.18. The topological polar surface area (TPSA) is 99.8 Å². The van der Waals surface area contributed by atoms with Crippen LogP contribution in [-0.2, 0) is 14.3 Å². The van der Waals surface area contributed by atoms with E-state index in [9.17, 15) is 14.4 Å². The largest absolute Gasteiger partial charge is 0.466 e. The zero-order chi connectivity index (χ0) is 22.4. The molecule has 0 aliphatic carbocycles. The predicted octanol–water partition coefficient (Wildman–Crippen LogP) is 2.30. The van der Waals surface area contributed by atoms with E-state index in [0.717, 1.165) is 26.1 Å². The third-order valence-corrected chi connectivity index (χ3v) is 4.49. The molecule has 0 bridgehead atoms. The molecule has 0 atom stereocenters. The van der Waals surface area contributed by atoms with Crippen molar-refractivity contribution in [3.8, 4) is 0 Å². The van der Waals surface area contributed by atoms with Gasteiger partial charge in [-0.2, -0.15) is 0 Å². The van der Waals surface area contributed by atoms with Gasteiger partial charge in [-0.3, -0.25) is 14.4 Å². The minimum absolute atomic E-state index is 0.00301. The highest BCUT2D eigenvalue weighted by molar-refractivity contribution is 7.80. The van der Waals surface area contributed by atoms with Crippen molar-refractivity contribution in [1.82, 2.24) is 15.5 Å². The van der Waals surface area contributed by atoms with Gasteiger partial charge in [-0.1, -0.05) is 20.8 Å². The lowest BCUT2D eigenvalue weighted by molar-refractivity contribution is -0.144. The van der Waals surface area contributed by atoms with Gasteiger partial charge in [-0.25, -0.2) is 0 Å². The lowest BCUT2D eigenvalue weighted by atomic mass is 10.2. The summed E-state index contributed by atoms with van der Waals surface area (Å²) >= 11 is 5.11. The highest BCUT2D eigenvalue weighted by Crippen LogP contribution is 2.09. The van der Waals surface area contributed by atoms with E-state index >= 15 is 0 Å². The minimum atomic E-state index is -0.406. The van der Waals surface area contributed by atoms with Crippen LogP contribution in [0.15, 0.2) is 24.3 Å². The van der Waals surface area contributed by atoms with Crippen molar-refractivity contribution >= 4 is 40.8 Å². The SMILES string of the molecule is CCCOC(=O)CCC(=O)NC(=S)Nc1ccc(C(=O)NCCN(CC)CC)cc1. The van der Waals surface area contributed by atoms with Gasteiger partial charge in [0, 0.05) is 30.8 Å². The Labute approximate surface area is 183 Å². The van der Waals surface area contributed by atoms with Gasteiger partial charge in [0.2, 0.25) is 5.91 Å². The van der Waals surface area contributed by atoms with Crippen LogP contribution in [0, 0.1) is 0 Å². The molecule has 0 aromatic heterocycles. The fourth-order valence-corrected chi connectivity index (χ4v) is 2.76.